The molecule has 1 saturated heterocycles. The third-order valence-electron chi connectivity index (χ3n) is 3.22. The van der Waals surface area contributed by atoms with Gasteiger partial charge in [-0.1, -0.05) is 0 Å². The number of rotatable bonds is 4. The highest BCUT2D eigenvalue weighted by atomic mass is 79.9. The Hall–Kier alpha value is 0.330. The molecule has 0 spiro atoms. The molecule has 5 nitrogen and oxygen atoms in total. The second-order valence-electron chi connectivity index (χ2n) is 4.56. The Bertz CT molecular complexity index is 713. The Morgan fingerprint density at radius 3 is 2.65 bits per heavy atom. The SMILES string of the molecule is CN(C1CCS(=O)(=O)C1)S(=O)(=O)c1cc(CCl)sc1Br. The summed E-state index contributed by atoms with van der Waals surface area (Å²) in [6.07, 6.45) is 0.335. The quantitative estimate of drug-likeness (QED) is 0.696. The summed E-state index contributed by atoms with van der Waals surface area (Å²) in [5.41, 5.74) is 0. The van der Waals surface area contributed by atoms with E-state index in [1.165, 1.54) is 24.5 Å². The lowest BCUT2D eigenvalue weighted by molar-refractivity contribution is 0.394. The van der Waals surface area contributed by atoms with Gasteiger partial charge in [0.2, 0.25) is 10.0 Å². The molecule has 1 atom stereocenters. The third-order valence-corrected chi connectivity index (χ3v) is 9.58. The van der Waals surface area contributed by atoms with Crippen LogP contribution in [0.1, 0.15) is 11.3 Å². The first-order valence-corrected chi connectivity index (χ1v) is 11.1. The largest absolute Gasteiger partial charge is 0.245 e. The van der Waals surface area contributed by atoms with E-state index in [4.69, 9.17) is 11.6 Å². The van der Waals surface area contributed by atoms with Crippen molar-refractivity contribution in [2.75, 3.05) is 18.6 Å². The average Bonchev–Trinajstić information content (AvgIpc) is 2.91. The van der Waals surface area contributed by atoms with E-state index in [-0.39, 0.29) is 22.3 Å². The lowest BCUT2D eigenvalue weighted by atomic mass is 10.3. The van der Waals surface area contributed by atoms with Crippen molar-refractivity contribution >= 4 is 58.7 Å². The van der Waals surface area contributed by atoms with Gasteiger partial charge in [-0.05, 0) is 28.4 Å². The Morgan fingerprint density at radius 2 is 2.20 bits per heavy atom. The Morgan fingerprint density at radius 1 is 1.55 bits per heavy atom. The van der Waals surface area contributed by atoms with E-state index in [0.29, 0.717) is 10.2 Å². The Kier molecular flexibility index (Phi) is 4.88. The topological polar surface area (TPSA) is 71.5 Å². The number of hydrogen-bond donors (Lipinski definition) is 0. The normalized spacial score (nSPS) is 22.5. The molecule has 1 unspecified atom stereocenters. The van der Waals surface area contributed by atoms with Gasteiger partial charge in [-0.3, -0.25) is 0 Å². The van der Waals surface area contributed by atoms with Gasteiger partial charge in [0.1, 0.15) is 4.90 Å². The zero-order chi connectivity index (χ0) is 15.1. The standard InChI is InChI=1S/C10H13BrClNO4S3/c1-13(7-2-3-19(14,15)6-7)20(16,17)9-4-8(5-12)18-10(9)11/h4,7H,2-3,5-6H2,1H3. The highest BCUT2D eigenvalue weighted by Gasteiger charge is 2.37. The molecule has 0 bridgehead atoms. The molecule has 0 radical (unpaired) electrons. The summed E-state index contributed by atoms with van der Waals surface area (Å²) in [7, 11) is -5.43. The molecule has 1 aromatic heterocycles. The smallest absolute Gasteiger partial charge is 0.229 e. The van der Waals surface area contributed by atoms with E-state index in [2.05, 4.69) is 15.9 Å². The maximum Gasteiger partial charge on any atom is 0.245 e. The number of nitrogens with zero attached hydrogens (tertiary/aromatic N) is 1. The fourth-order valence-corrected chi connectivity index (χ4v) is 8.03. The first-order chi connectivity index (χ1) is 9.17. The van der Waals surface area contributed by atoms with Crippen LogP contribution in [0.4, 0.5) is 0 Å². The van der Waals surface area contributed by atoms with Crippen molar-refractivity contribution in [2.24, 2.45) is 0 Å². The summed E-state index contributed by atoms with van der Waals surface area (Å²) < 4.78 is 49.7. The molecule has 1 aliphatic rings. The second-order valence-corrected chi connectivity index (χ2v) is 11.5. The molecule has 10 heteroatoms. The lowest BCUT2D eigenvalue weighted by Gasteiger charge is -2.22. The maximum absolute atomic E-state index is 12.5. The molecule has 0 aliphatic carbocycles. The third kappa shape index (κ3) is 3.22. The molecule has 2 heterocycles. The second kappa shape index (κ2) is 5.85. The molecular weight excluding hydrogens is 410 g/mol. The van der Waals surface area contributed by atoms with E-state index in [0.717, 1.165) is 9.18 Å². The zero-order valence-electron chi connectivity index (χ0n) is 10.5. The van der Waals surface area contributed by atoms with Crippen molar-refractivity contribution < 1.29 is 16.8 Å². The van der Waals surface area contributed by atoms with Crippen LogP contribution < -0.4 is 0 Å². The van der Waals surface area contributed by atoms with Crippen LogP contribution >= 0.6 is 38.9 Å². The van der Waals surface area contributed by atoms with E-state index in [1.807, 2.05) is 0 Å². The van der Waals surface area contributed by atoms with Crippen molar-refractivity contribution in [3.8, 4) is 0 Å². The summed E-state index contributed by atoms with van der Waals surface area (Å²) in [5, 5.41) is 0. The number of halogens is 2. The number of sulfone groups is 1. The molecule has 1 aliphatic heterocycles. The number of thiophene rings is 1. The van der Waals surface area contributed by atoms with Crippen molar-refractivity contribution in [1.29, 1.82) is 0 Å². The molecular formula is C10H13BrClNO4S3. The molecule has 1 aromatic rings. The van der Waals surface area contributed by atoms with Gasteiger partial charge in [-0.2, -0.15) is 4.31 Å². The minimum absolute atomic E-state index is 0.0370. The summed E-state index contributed by atoms with van der Waals surface area (Å²) in [4.78, 5) is 0.884. The Balaban J connectivity index is 2.32. The van der Waals surface area contributed by atoms with Crippen LogP contribution in [0.2, 0.25) is 0 Å². The van der Waals surface area contributed by atoms with Gasteiger partial charge in [0.05, 0.1) is 21.2 Å². The number of hydrogen-bond acceptors (Lipinski definition) is 5. The fourth-order valence-electron chi connectivity index (χ4n) is 2.05. The van der Waals surface area contributed by atoms with Crippen molar-refractivity contribution in [3.63, 3.8) is 0 Å². The highest BCUT2D eigenvalue weighted by Crippen LogP contribution is 2.35. The van der Waals surface area contributed by atoms with Crippen molar-refractivity contribution in [1.82, 2.24) is 4.31 Å². The van der Waals surface area contributed by atoms with Crippen LogP contribution in [-0.2, 0) is 25.7 Å². The molecule has 1 fully saturated rings. The first kappa shape index (κ1) is 16.7. The van der Waals surface area contributed by atoms with E-state index < -0.39 is 25.9 Å². The molecule has 0 amide bonds. The molecule has 20 heavy (non-hydrogen) atoms. The highest BCUT2D eigenvalue weighted by molar-refractivity contribution is 9.11. The van der Waals surface area contributed by atoms with Crippen LogP contribution in [0.25, 0.3) is 0 Å². The van der Waals surface area contributed by atoms with E-state index in [9.17, 15) is 16.8 Å². The lowest BCUT2D eigenvalue weighted by Crippen LogP contribution is -2.37. The van der Waals surface area contributed by atoms with Gasteiger partial charge >= 0.3 is 0 Å². The fraction of sp³-hybridized carbons (Fsp3) is 0.600. The van der Waals surface area contributed by atoms with Crippen molar-refractivity contribution in [3.05, 3.63) is 14.7 Å². The van der Waals surface area contributed by atoms with Crippen LogP contribution in [0.15, 0.2) is 14.7 Å². The summed E-state index contributed by atoms with van der Waals surface area (Å²) >= 11 is 10.2. The van der Waals surface area contributed by atoms with Crippen LogP contribution in [-0.4, -0.2) is 45.7 Å². The van der Waals surface area contributed by atoms with Gasteiger partial charge in [-0.15, -0.1) is 22.9 Å². The zero-order valence-corrected chi connectivity index (χ0v) is 15.3. The van der Waals surface area contributed by atoms with Gasteiger partial charge in [0, 0.05) is 18.0 Å². The number of sulfonamides is 1. The predicted molar refractivity (Wildman–Crippen MR) is 83.6 cm³/mol. The minimum Gasteiger partial charge on any atom is -0.229 e. The predicted octanol–water partition coefficient (Wildman–Crippen LogP) is 2.06. The maximum atomic E-state index is 12.5. The van der Waals surface area contributed by atoms with Gasteiger partial charge in [0.25, 0.3) is 0 Å². The molecule has 0 aromatic carbocycles. The van der Waals surface area contributed by atoms with E-state index in [1.54, 1.807) is 0 Å². The number of alkyl halides is 1. The molecule has 2 rings (SSSR count). The first-order valence-electron chi connectivity index (χ1n) is 5.70. The average molecular weight is 423 g/mol. The summed E-state index contributed by atoms with van der Waals surface area (Å²) in [5.74, 6) is 0.155. The molecule has 0 N–H and O–H groups in total. The van der Waals surface area contributed by atoms with Crippen LogP contribution in [0.3, 0.4) is 0 Å². The van der Waals surface area contributed by atoms with Gasteiger partial charge < -0.3 is 0 Å². The Labute approximate surface area is 136 Å². The minimum atomic E-state index is -3.72. The van der Waals surface area contributed by atoms with Crippen LogP contribution in [0.5, 0.6) is 0 Å². The summed E-state index contributed by atoms with van der Waals surface area (Å²) in [6.45, 7) is 0. The van der Waals surface area contributed by atoms with E-state index >= 15 is 0 Å². The molecule has 114 valence electrons. The van der Waals surface area contributed by atoms with Gasteiger partial charge in [-0.25, -0.2) is 16.8 Å². The molecule has 0 saturated carbocycles. The van der Waals surface area contributed by atoms with Gasteiger partial charge in [0.15, 0.2) is 9.84 Å². The van der Waals surface area contributed by atoms with Crippen molar-refractivity contribution in [2.45, 2.75) is 23.2 Å². The monoisotopic (exact) mass is 421 g/mol. The summed E-state index contributed by atoms with van der Waals surface area (Å²) in [6, 6.07) is 1.02. The van der Waals surface area contributed by atoms with Crippen LogP contribution in [0, 0.1) is 0 Å².